The zero-order valence-corrected chi connectivity index (χ0v) is 18.3. The first kappa shape index (κ1) is 21.1. The lowest BCUT2D eigenvalue weighted by Gasteiger charge is -2.31. The van der Waals surface area contributed by atoms with E-state index < -0.39 is 15.9 Å². The highest BCUT2D eigenvalue weighted by Gasteiger charge is 2.33. The molecule has 4 rings (SSSR count). The number of carbonyl (C=O) groups is 1. The number of aromatic nitrogens is 2. The second-order valence-electron chi connectivity index (χ2n) is 7.22. The van der Waals surface area contributed by atoms with Gasteiger partial charge in [0.15, 0.2) is 0 Å². The van der Waals surface area contributed by atoms with Gasteiger partial charge in [-0.15, -0.1) is 0 Å². The zero-order valence-electron chi connectivity index (χ0n) is 16.0. The van der Waals surface area contributed by atoms with Crippen molar-refractivity contribution < 1.29 is 13.2 Å². The van der Waals surface area contributed by atoms with Gasteiger partial charge in [-0.25, -0.2) is 13.4 Å². The Balaban J connectivity index is 1.41. The van der Waals surface area contributed by atoms with Crippen molar-refractivity contribution in [2.45, 2.75) is 24.3 Å². The number of hydrogen-bond acceptors (Lipinski definition) is 4. The van der Waals surface area contributed by atoms with Crippen molar-refractivity contribution in [2.24, 2.45) is 5.92 Å². The summed E-state index contributed by atoms with van der Waals surface area (Å²) in [5, 5.41) is 3.95. The summed E-state index contributed by atoms with van der Waals surface area (Å²) in [6.07, 6.45) is 4.81. The molecule has 0 saturated carbocycles. The van der Waals surface area contributed by atoms with Crippen LogP contribution in [0, 0.1) is 5.92 Å². The first-order valence-electron chi connectivity index (χ1n) is 9.49. The Labute approximate surface area is 184 Å². The molecule has 30 heavy (non-hydrogen) atoms. The summed E-state index contributed by atoms with van der Waals surface area (Å²) in [6.45, 7) is 0.804. The van der Waals surface area contributed by atoms with E-state index in [9.17, 15) is 13.2 Å². The van der Waals surface area contributed by atoms with E-state index in [1.165, 1.54) is 16.4 Å². The quantitative estimate of drug-likeness (QED) is 0.624. The topological polar surface area (TPSA) is 83.8 Å². The maximum atomic E-state index is 12.9. The number of pyridine rings is 1. The van der Waals surface area contributed by atoms with Gasteiger partial charge in [-0.3, -0.25) is 4.79 Å². The van der Waals surface area contributed by atoms with Gasteiger partial charge in [-0.05, 0) is 49.2 Å². The molecule has 1 N–H and O–H groups in total. The predicted molar refractivity (Wildman–Crippen MR) is 115 cm³/mol. The number of sulfonamides is 1. The van der Waals surface area contributed by atoms with Gasteiger partial charge in [0, 0.05) is 30.5 Å². The third-order valence-electron chi connectivity index (χ3n) is 5.11. The summed E-state index contributed by atoms with van der Waals surface area (Å²) in [4.78, 5) is 17.3. The van der Waals surface area contributed by atoms with Crippen molar-refractivity contribution in [1.29, 1.82) is 0 Å². The molecule has 0 bridgehead atoms. The maximum Gasteiger partial charge on any atom is 0.243 e. The van der Waals surface area contributed by atoms with Crippen molar-refractivity contribution >= 4 is 44.8 Å². The number of carbonyl (C=O) groups excluding carboxylic acids is 1. The molecule has 1 aliphatic rings. The third-order valence-corrected chi connectivity index (χ3v) is 7.47. The standard InChI is InChI=1S/C20H20Cl2N4O3S/c21-15-3-6-18(7-4-15)30(28,29)26-9-1-2-14(11-26)20(27)23-10-17-13-25-12-16(22)5-8-19(25)24-17/h3-8,12-14H,1-2,9-11H2,(H,23,27). The smallest absolute Gasteiger partial charge is 0.243 e. The number of fused-ring (bicyclic) bond motifs is 1. The Morgan fingerprint density at radius 2 is 1.83 bits per heavy atom. The van der Waals surface area contributed by atoms with Crippen molar-refractivity contribution in [3.8, 4) is 0 Å². The minimum absolute atomic E-state index is 0.150. The molecule has 10 heteroatoms. The van der Waals surface area contributed by atoms with Gasteiger partial charge < -0.3 is 9.72 Å². The van der Waals surface area contributed by atoms with Gasteiger partial charge >= 0.3 is 0 Å². The van der Waals surface area contributed by atoms with Gasteiger partial charge in [0.2, 0.25) is 15.9 Å². The average molecular weight is 467 g/mol. The Kier molecular flexibility index (Phi) is 6.02. The molecule has 3 aromatic rings. The van der Waals surface area contributed by atoms with E-state index in [4.69, 9.17) is 23.2 Å². The highest BCUT2D eigenvalue weighted by atomic mass is 35.5. The summed E-state index contributed by atoms with van der Waals surface area (Å²) < 4.78 is 29.0. The summed E-state index contributed by atoms with van der Waals surface area (Å²) in [6, 6.07) is 9.61. The number of amides is 1. The summed E-state index contributed by atoms with van der Waals surface area (Å²) in [7, 11) is -3.67. The molecular weight excluding hydrogens is 447 g/mol. The monoisotopic (exact) mass is 466 g/mol. The van der Waals surface area contributed by atoms with Crippen LogP contribution < -0.4 is 5.32 Å². The molecule has 0 aliphatic carbocycles. The Bertz CT molecular complexity index is 1180. The molecule has 0 spiro atoms. The fraction of sp³-hybridized carbons (Fsp3) is 0.300. The van der Waals surface area contributed by atoms with Crippen molar-refractivity contribution in [3.05, 3.63) is 64.5 Å². The van der Waals surface area contributed by atoms with Crippen LogP contribution >= 0.6 is 23.2 Å². The largest absolute Gasteiger partial charge is 0.350 e. The van der Waals surface area contributed by atoms with Crippen LogP contribution in [0.5, 0.6) is 0 Å². The number of nitrogens with one attached hydrogen (secondary N) is 1. The van der Waals surface area contributed by atoms with Crippen molar-refractivity contribution in [1.82, 2.24) is 19.0 Å². The van der Waals surface area contributed by atoms with Crippen LogP contribution in [0.1, 0.15) is 18.5 Å². The molecule has 1 unspecified atom stereocenters. The zero-order chi connectivity index (χ0) is 21.3. The molecule has 2 aromatic heterocycles. The van der Waals surface area contributed by atoms with Crippen LogP contribution in [0.4, 0.5) is 0 Å². The number of benzene rings is 1. The summed E-state index contributed by atoms with van der Waals surface area (Å²) in [5.41, 5.74) is 1.44. The summed E-state index contributed by atoms with van der Waals surface area (Å²) >= 11 is 11.8. The SMILES string of the molecule is O=C(NCc1cn2cc(Cl)ccc2n1)C1CCCN(S(=O)(=O)c2ccc(Cl)cc2)C1. The fourth-order valence-electron chi connectivity index (χ4n) is 3.55. The molecule has 7 nitrogen and oxygen atoms in total. The lowest BCUT2D eigenvalue weighted by Crippen LogP contribution is -2.45. The second-order valence-corrected chi connectivity index (χ2v) is 10.0. The summed E-state index contributed by atoms with van der Waals surface area (Å²) in [5.74, 6) is -0.589. The minimum Gasteiger partial charge on any atom is -0.350 e. The average Bonchev–Trinajstić information content (AvgIpc) is 3.14. The van der Waals surface area contributed by atoms with Gasteiger partial charge in [-0.1, -0.05) is 23.2 Å². The number of piperidine rings is 1. The number of nitrogens with zero attached hydrogens (tertiary/aromatic N) is 3. The molecule has 0 radical (unpaired) electrons. The molecule has 1 aromatic carbocycles. The van der Waals surface area contributed by atoms with Crippen LogP contribution in [0.2, 0.25) is 10.0 Å². The minimum atomic E-state index is -3.67. The van der Waals surface area contributed by atoms with Crippen LogP contribution in [-0.2, 0) is 21.4 Å². The molecule has 158 valence electrons. The Morgan fingerprint density at radius 3 is 2.60 bits per heavy atom. The molecular formula is C20H20Cl2N4O3S. The molecule has 1 amide bonds. The number of hydrogen-bond donors (Lipinski definition) is 1. The predicted octanol–water partition coefficient (Wildman–Crippen LogP) is 3.36. The first-order valence-corrected chi connectivity index (χ1v) is 11.7. The van der Waals surface area contributed by atoms with E-state index in [2.05, 4.69) is 10.3 Å². The number of rotatable bonds is 5. The van der Waals surface area contributed by atoms with Crippen LogP contribution in [-0.4, -0.2) is 41.1 Å². The third kappa shape index (κ3) is 4.46. The molecule has 1 saturated heterocycles. The van der Waals surface area contributed by atoms with E-state index in [1.807, 2.05) is 0 Å². The van der Waals surface area contributed by atoms with Crippen LogP contribution in [0.25, 0.3) is 5.65 Å². The van der Waals surface area contributed by atoms with Gasteiger partial charge in [0.25, 0.3) is 0 Å². The highest BCUT2D eigenvalue weighted by Crippen LogP contribution is 2.25. The van der Waals surface area contributed by atoms with Crippen LogP contribution in [0.15, 0.2) is 53.7 Å². The Morgan fingerprint density at radius 1 is 1.10 bits per heavy atom. The number of imidazole rings is 1. The molecule has 3 heterocycles. The highest BCUT2D eigenvalue weighted by molar-refractivity contribution is 7.89. The van der Waals surface area contributed by atoms with E-state index in [0.717, 1.165) is 5.65 Å². The van der Waals surface area contributed by atoms with Gasteiger partial charge in [0.05, 0.1) is 28.1 Å². The van der Waals surface area contributed by atoms with Crippen molar-refractivity contribution in [2.75, 3.05) is 13.1 Å². The van der Waals surface area contributed by atoms with E-state index in [-0.39, 0.29) is 23.9 Å². The lowest BCUT2D eigenvalue weighted by molar-refractivity contribution is -0.126. The Hall–Kier alpha value is -2.13. The maximum absolute atomic E-state index is 12.9. The van der Waals surface area contributed by atoms with E-state index in [1.54, 1.807) is 41.1 Å². The van der Waals surface area contributed by atoms with Gasteiger partial charge in [-0.2, -0.15) is 4.31 Å². The number of halogens is 2. The molecule has 1 aliphatic heterocycles. The van der Waals surface area contributed by atoms with Crippen molar-refractivity contribution in [3.63, 3.8) is 0 Å². The normalized spacial score (nSPS) is 17.9. The van der Waals surface area contributed by atoms with E-state index in [0.29, 0.717) is 35.1 Å². The molecule has 1 fully saturated rings. The first-order chi connectivity index (χ1) is 14.3. The lowest BCUT2D eigenvalue weighted by atomic mass is 9.99. The van der Waals surface area contributed by atoms with Crippen LogP contribution in [0.3, 0.4) is 0 Å². The fourth-order valence-corrected chi connectivity index (χ4v) is 5.37. The van der Waals surface area contributed by atoms with E-state index >= 15 is 0 Å². The van der Waals surface area contributed by atoms with Gasteiger partial charge in [0.1, 0.15) is 5.65 Å². The second kappa shape index (κ2) is 8.55. The molecule has 1 atom stereocenters.